The first kappa shape index (κ1) is 12.6. The van der Waals surface area contributed by atoms with Crippen LogP contribution in [0.1, 0.15) is 19.8 Å². The van der Waals surface area contributed by atoms with Crippen LogP contribution >= 0.6 is 0 Å². The lowest BCUT2D eigenvalue weighted by Crippen LogP contribution is -2.27. The highest BCUT2D eigenvalue weighted by atomic mass is 15.2. The second-order valence-corrected chi connectivity index (χ2v) is 3.83. The molecule has 10 heavy (non-hydrogen) atoms. The van der Waals surface area contributed by atoms with Crippen molar-refractivity contribution in [1.29, 1.82) is 0 Å². The fourth-order valence-electron chi connectivity index (χ4n) is 0.204. The summed E-state index contributed by atoms with van der Waals surface area (Å²) in [6.45, 7) is 2.98. The summed E-state index contributed by atoms with van der Waals surface area (Å²) in [5, 5.41) is 0. The van der Waals surface area contributed by atoms with Gasteiger partial charge in [-0.05, 0) is 13.0 Å². The van der Waals surface area contributed by atoms with Crippen molar-refractivity contribution in [3.63, 3.8) is 0 Å². The average molecular weight is 147 g/mol. The van der Waals surface area contributed by atoms with E-state index >= 15 is 0 Å². The van der Waals surface area contributed by atoms with Gasteiger partial charge < -0.3 is 10.2 Å². The first-order valence-electron chi connectivity index (χ1n) is 3.90. The van der Waals surface area contributed by atoms with Crippen molar-refractivity contribution in [3.8, 4) is 0 Å². The van der Waals surface area contributed by atoms with Crippen molar-refractivity contribution in [1.82, 2.24) is 0 Å². The van der Waals surface area contributed by atoms with E-state index in [0.717, 1.165) is 11.0 Å². The number of unbranched alkanes of at least 4 members (excludes halogenated alkanes) is 1. The van der Waals surface area contributed by atoms with E-state index in [1.807, 2.05) is 0 Å². The van der Waals surface area contributed by atoms with E-state index in [0.29, 0.717) is 0 Å². The van der Waals surface area contributed by atoms with Crippen molar-refractivity contribution in [2.45, 2.75) is 19.8 Å². The standard InChI is InChI=1S/C4H12N.C4H11N/c1-5(2,3)4;1-2-3-4-5/h1-4H3;2-5H2,1H3/q+1;. The molecule has 2 nitrogen and oxygen atoms in total. The first-order valence-corrected chi connectivity index (χ1v) is 3.90. The largest absolute Gasteiger partial charge is 0.333 e. The minimum absolute atomic E-state index is 0.844. The molecule has 0 aromatic carbocycles. The molecule has 0 saturated heterocycles. The van der Waals surface area contributed by atoms with Gasteiger partial charge in [0, 0.05) is 0 Å². The summed E-state index contributed by atoms with van der Waals surface area (Å²) >= 11 is 0. The molecule has 0 atom stereocenters. The number of quaternary nitrogens is 1. The lowest BCUT2D eigenvalue weighted by molar-refractivity contribution is -0.849. The van der Waals surface area contributed by atoms with Crippen LogP contribution < -0.4 is 5.73 Å². The molecule has 0 bridgehead atoms. The van der Waals surface area contributed by atoms with Gasteiger partial charge in [-0.1, -0.05) is 13.3 Å². The second-order valence-electron chi connectivity index (χ2n) is 3.83. The molecular weight excluding hydrogens is 124 g/mol. The lowest BCUT2D eigenvalue weighted by Gasteiger charge is -2.14. The monoisotopic (exact) mass is 147 g/mol. The Balaban J connectivity index is 0. The summed E-state index contributed by atoms with van der Waals surface area (Å²) in [5.41, 5.74) is 5.14. The minimum atomic E-state index is 0.844. The van der Waals surface area contributed by atoms with Gasteiger partial charge in [-0.3, -0.25) is 0 Å². The maximum Gasteiger partial charge on any atom is 0.0675 e. The summed E-state index contributed by atoms with van der Waals surface area (Å²) < 4.78 is 1.00. The molecule has 0 unspecified atom stereocenters. The number of nitrogens with two attached hydrogens (primary N) is 1. The maximum atomic E-state index is 5.14. The fraction of sp³-hybridized carbons (Fsp3) is 1.00. The highest BCUT2D eigenvalue weighted by Crippen LogP contribution is 1.77. The molecule has 0 radical (unpaired) electrons. The predicted molar refractivity (Wildman–Crippen MR) is 47.9 cm³/mol. The summed E-state index contributed by atoms with van der Waals surface area (Å²) in [6.07, 6.45) is 2.39. The average Bonchev–Trinajstić information content (AvgIpc) is 1.63. The van der Waals surface area contributed by atoms with Gasteiger partial charge in [-0.25, -0.2) is 0 Å². The Bertz CT molecular complexity index is 46.8. The first-order chi connectivity index (χ1) is 4.41. The van der Waals surface area contributed by atoms with E-state index in [1.54, 1.807) is 0 Å². The molecule has 0 aromatic rings. The van der Waals surface area contributed by atoms with Gasteiger partial charge in [-0.15, -0.1) is 0 Å². The molecule has 0 aliphatic rings. The Morgan fingerprint density at radius 3 is 1.40 bits per heavy atom. The number of hydrogen-bond donors (Lipinski definition) is 1. The third-order valence-electron chi connectivity index (χ3n) is 0.558. The smallest absolute Gasteiger partial charge is 0.0675 e. The molecule has 0 fully saturated rings. The molecule has 0 rings (SSSR count). The normalized spacial score (nSPS) is 10.2. The summed E-state index contributed by atoms with van der Waals surface area (Å²) in [5.74, 6) is 0. The van der Waals surface area contributed by atoms with Crippen molar-refractivity contribution in [2.75, 3.05) is 34.7 Å². The Morgan fingerprint density at radius 1 is 1.10 bits per heavy atom. The quantitative estimate of drug-likeness (QED) is 0.581. The zero-order valence-corrected chi connectivity index (χ0v) is 8.15. The molecule has 2 heteroatoms. The van der Waals surface area contributed by atoms with Gasteiger partial charge in [-0.2, -0.15) is 0 Å². The zero-order chi connectivity index (χ0) is 8.62. The number of nitrogens with zero attached hydrogens (tertiary/aromatic N) is 1. The van der Waals surface area contributed by atoms with Gasteiger partial charge in [0.2, 0.25) is 0 Å². The van der Waals surface area contributed by atoms with Crippen LogP contribution in [0.15, 0.2) is 0 Å². The molecule has 0 aliphatic carbocycles. The van der Waals surface area contributed by atoms with Gasteiger partial charge in [0.25, 0.3) is 0 Å². The summed E-state index contributed by atoms with van der Waals surface area (Å²) in [7, 11) is 8.50. The predicted octanol–water partition coefficient (Wildman–Crippen LogP) is 1.07. The van der Waals surface area contributed by atoms with Crippen LogP contribution in [0, 0.1) is 0 Å². The van der Waals surface area contributed by atoms with Gasteiger partial charge in [0.1, 0.15) is 0 Å². The van der Waals surface area contributed by atoms with Gasteiger partial charge in [0.05, 0.1) is 28.2 Å². The molecule has 0 saturated carbocycles. The third-order valence-corrected chi connectivity index (χ3v) is 0.558. The van der Waals surface area contributed by atoms with E-state index in [2.05, 4.69) is 35.1 Å². The van der Waals surface area contributed by atoms with E-state index < -0.39 is 0 Å². The van der Waals surface area contributed by atoms with Gasteiger partial charge in [0.15, 0.2) is 0 Å². The fourth-order valence-corrected chi connectivity index (χ4v) is 0.204. The van der Waals surface area contributed by atoms with Crippen molar-refractivity contribution < 1.29 is 4.48 Å². The number of rotatable bonds is 2. The van der Waals surface area contributed by atoms with Crippen LogP contribution in [0.3, 0.4) is 0 Å². The molecule has 0 aromatic heterocycles. The van der Waals surface area contributed by atoms with Crippen LogP contribution in [0.25, 0.3) is 0 Å². The van der Waals surface area contributed by atoms with Crippen molar-refractivity contribution >= 4 is 0 Å². The molecule has 2 N–H and O–H groups in total. The maximum absolute atomic E-state index is 5.14. The Morgan fingerprint density at radius 2 is 1.40 bits per heavy atom. The molecule has 64 valence electrons. The van der Waals surface area contributed by atoms with E-state index in [4.69, 9.17) is 5.73 Å². The number of hydrogen-bond acceptors (Lipinski definition) is 1. The Kier molecular flexibility index (Phi) is 8.85. The molecule has 0 amide bonds. The zero-order valence-electron chi connectivity index (χ0n) is 8.15. The second kappa shape index (κ2) is 7.03. The van der Waals surface area contributed by atoms with Crippen molar-refractivity contribution in [3.05, 3.63) is 0 Å². The van der Waals surface area contributed by atoms with Crippen LogP contribution in [0.2, 0.25) is 0 Å². The van der Waals surface area contributed by atoms with Crippen LogP contribution in [-0.4, -0.2) is 39.2 Å². The van der Waals surface area contributed by atoms with E-state index in [1.165, 1.54) is 12.8 Å². The molecule has 0 aliphatic heterocycles. The Labute approximate surface area is 65.6 Å². The van der Waals surface area contributed by atoms with Crippen LogP contribution in [0.4, 0.5) is 0 Å². The topological polar surface area (TPSA) is 26.0 Å². The highest BCUT2D eigenvalue weighted by Gasteiger charge is 1.88. The summed E-state index contributed by atoms with van der Waals surface area (Å²) in [6, 6.07) is 0. The molecular formula is C8H23N2+. The highest BCUT2D eigenvalue weighted by molar-refractivity contribution is 4.29. The van der Waals surface area contributed by atoms with Crippen molar-refractivity contribution in [2.24, 2.45) is 5.73 Å². The molecule has 0 heterocycles. The summed E-state index contributed by atoms with van der Waals surface area (Å²) in [4.78, 5) is 0. The van der Waals surface area contributed by atoms with Gasteiger partial charge >= 0.3 is 0 Å². The Hall–Kier alpha value is -0.0800. The molecule has 0 spiro atoms. The van der Waals surface area contributed by atoms with E-state index in [9.17, 15) is 0 Å². The lowest BCUT2D eigenvalue weighted by atomic mass is 10.3. The minimum Gasteiger partial charge on any atom is -0.333 e. The van der Waals surface area contributed by atoms with Crippen LogP contribution in [-0.2, 0) is 0 Å². The SMILES string of the molecule is CCCCN.C[N+](C)(C)C. The van der Waals surface area contributed by atoms with E-state index in [-0.39, 0.29) is 0 Å². The third kappa shape index (κ3) is 103. The van der Waals surface area contributed by atoms with Crippen LogP contribution in [0.5, 0.6) is 0 Å².